The van der Waals surface area contributed by atoms with Gasteiger partial charge < -0.3 is 5.11 Å². The minimum absolute atomic E-state index is 0.0332. The fraction of sp³-hybridized carbons (Fsp3) is 0.533. The molecule has 0 aliphatic heterocycles. The number of carbonyl (C=O) groups is 1. The third-order valence-electron chi connectivity index (χ3n) is 3.13. The Morgan fingerprint density at radius 2 is 2.00 bits per heavy atom. The zero-order valence-electron chi connectivity index (χ0n) is 12.7. The summed E-state index contributed by atoms with van der Waals surface area (Å²) in [5.74, 6) is -0.796. The van der Waals surface area contributed by atoms with Crippen molar-refractivity contribution in [1.29, 1.82) is 0 Å². The molecule has 0 fully saturated rings. The quantitative estimate of drug-likeness (QED) is 0.772. The van der Waals surface area contributed by atoms with E-state index in [1.54, 1.807) is 12.1 Å². The SMILES string of the molecule is Cc1cccc(S(=O)(=O)NC[C@H](CC(=O)O)CC(C)C)c1. The summed E-state index contributed by atoms with van der Waals surface area (Å²) < 4.78 is 26.9. The van der Waals surface area contributed by atoms with Gasteiger partial charge in [0.1, 0.15) is 0 Å². The van der Waals surface area contributed by atoms with Crippen molar-refractivity contribution in [2.45, 2.75) is 38.5 Å². The summed E-state index contributed by atoms with van der Waals surface area (Å²) in [5, 5.41) is 8.90. The van der Waals surface area contributed by atoms with E-state index >= 15 is 0 Å². The second-order valence-corrected chi connectivity index (χ2v) is 7.53. The van der Waals surface area contributed by atoms with Gasteiger partial charge >= 0.3 is 5.97 Å². The van der Waals surface area contributed by atoms with Gasteiger partial charge in [-0.3, -0.25) is 4.79 Å². The topological polar surface area (TPSA) is 83.5 Å². The van der Waals surface area contributed by atoms with Crippen LogP contribution in [0.3, 0.4) is 0 Å². The van der Waals surface area contributed by atoms with Gasteiger partial charge in [-0.1, -0.05) is 26.0 Å². The molecule has 6 heteroatoms. The van der Waals surface area contributed by atoms with Crippen molar-refractivity contribution in [2.24, 2.45) is 11.8 Å². The second kappa shape index (κ2) is 7.56. The second-order valence-electron chi connectivity index (χ2n) is 5.76. The highest BCUT2D eigenvalue weighted by molar-refractivity contribution is 7.89. The molecular formula is C15H23NO4S. The number of carboxylic acid groups (broad SMARTS) is 1. The van der Waals surface area contributed by atoms with Crippen LogP contribution in [0.25, 0.3) is 0 Å². The van der Waals surface area contributed by atoms with Crippen LogP contribution in [0.5, 0.6) is 0 Å². The summed E-state index contributed by atoms with van der Waals surface area (Å²) in [7, 11) is -3.59. The maximum Gasteiger partial charge on any atom is 0.303 e. The first-order valence-corrected chi connectivity index (χ1v) is 8.47. The van der Waals surface area contributed by atoms with Crippen molar-refractivity contribution < 1.29 is 18.3 Å². The Labute approximate surface area is 126 Å². The summed E-state index contributed by atoms with van der Waals surface area (Å²) in [6.07, 6.45) is 0.636. The van der Waals surface area contributed by atoms with Crippen LogP contribution in [0.4, 0.5) is 0 Å². The van der Waals surface area contributed by atoms with E-state index in [4.69, 9.17) is 5.11 Å². The Kier molecular flexibility index (Phi) is 6.36. The van der Waals surface area contributed by atoms with Crippen LogP contribution in [0.15, 0.2) is 29.2 Å². The molecule has 1 aromatic carbocycles. The minimum Gasteiger partial charge on any atom is -0.481 e. The summed E-state index contributed by atoms with van der Waals surface area (Å²) in [4.78, 5) is 11.1. The highest BCUT2D eigenvalue weighted by atomic mass is 32.2. The standard InChI is InChI=1S/C15H23NO4S/c1-11(2)7-13(9-15(17)18)10-16-21(19,20)14-6-4-5-12(3)8-14/h4-6,8,11,13,16H,7,9-10H2,1-3H3,(H,17,18)/t13-/m0/s1. The lowest BCUT2D eigenvalue weighted by atomic mass is 9.94. The maximum atomic E-state index is 12.2. The number of rotatable bonds is 8. The molecule has 0 spiro atoms. The van der Waals surface area contributed by atoms with Crippen LogP contribution in [-0.2, 0) is 14.8 Å². The minimum atomic E-state index is -3.59. The molecule has 0 aromatic heterocycles. The number of benzene rings is 1. The molecule has 21 heavy (non-hydrogen) atoms. The van der Waals surface area contributed by atoms with Gasteiger partial charge in [0.25, 0.3) is 0 Å². The highest BCUT2D eigenvalue weighted by Crippen LogP contribution is 2.16. The molecule has 0 saturated carbocycles. The zero-order valence-corrected chi connectivity index (χ0v) is 13.5. The van der Waals surface area contributed by atoms with Gasteiger partial charge in [0.05, 0.1) is 4.90 Å². The van der Waals surface area contributed by atoms with E-state index < -0.39 is 16.0 Å². The molecular weight excluding hydrogens is 290 g/mol. The van der Waals surface area contributed by atoms with Crippen molar-refractivity contribution >= 4 is 16.0 Å². The van der Waals surface area contributed by atoms with Gasteiger partial charge in [-0.2, -0.15) is 0 Å². The van der Waals surface area contributed by atoms with E-state index in [1.807, 2.05) is 26.8 Å². The number of nitrogens with one attached hydrogen (secondary N) is 1. The molecule has 2 N–H and O–H groups in total. The van der Waals surface area contributed by atoms with Gasteiger partial charge in [-0.15, -0.1) is 0 Å². The zero-order chi connectivity index (χ0) is 16.0. The van der Waals surface area contributed by atoms with Gasteiger partial charge in [-0.25, -0.2) is 13.1 Å². The monoisotopic (exact) mass is 313 g/mol. The van der Waals surface area contributed by atoms with Crippen molar-refractivity contribution in [3.63, 3.8) is 0 Å². The normalized spacial score (nSPS) is 13.3. The smallest absolute Gasteiger partial charge is 0.303 e. The fourth-order valence-corrected chi connectivity index (χ4v) is 3.47. The molecule has 1 atom stereocenters. The van der Waals surface area contributed by atoms with Crippen LogP contribution in [0, 0.1) is 18.8 Å². The summed E-state index contributed by atoms with van der Waals surface area (Å²) in [5.41, 5.74) is 0.863. The van der Waals surface area contributed by atoms with Crippen LogP contribution in [0.1, 0.15) is 32.3 Å². The summed E-state index contributed by atoms with van der Waals surface area (Å²) >= 11 is 0. The molecule has 5 nitrogen and oxygen atoms in total. The number of aliphatic carboxylic acids is 1. The van der Waals surface area contributed by atoms with Gasteiger partial charge in [0.15, 0.2) is 0 Å². The maximum absolute atomic E-state index is 12.2. The predicted molar refractivity (Wildman–Crippen MR) is 81.6 cm³/mol. The summed E-state index contributed by atoms with van der Waals surface area (Å²) in [6.45, 7) is 5.94. The first kappa shape index (κ1) is 17.7. The Bertz CT molecular complexity index is 581. The molecule has 0 unspecified atom stereocenters. The molecule has 0 amide bonds. The molecule has 1 rings (SSSR count). The first-order chi connectivity index (χ1) is 9.70. The van der Waals surface area contributed by atoms with E-state index in [-0.39, 0.29) is 23.8 Å². The van der Waals surface area contributed by atoms with Crippen molar-refractivity contribution in [1.82, 2.24) is 4.72 Å². The van der Waals surface area contributed by atoms with E-state index in [0.29, 0.717) is 12.3 Å². The van der Waals surface area contributed by atoms with Crippen LogP contribution in [0.2, 0.25) is 0 Å². The molecule has 0 saturated heterocycles. The molecule has 0 aliphatic carbocycles. The lowest BCUT2D eigenvalue weighted by Crippen LogP contribution is -2.31. The number of sulfonamides is 1. The van der Waals surface area contributed by atoms with Crippen molar-refractivity contribution in [2.75, 3.05) is 6.54 Å². The summed E-state index contributed by atoms with van der Waals surface area (Å²) in [6, 6.07) is 6.64. The first-order valence-electron chi connectivity index (χ1n) is 6.99. The lowest BCUT2D eigenvalue weighted by molar-refractivity contribution is -0.138. The molecule has 0 heterocycles. The van der Waals surface area contributed by atoms with E-state index in [1.165, 1.54) is 6.07 Å². The predicted octanol–water partition coefficient (Wildman–Crippen LogP) is 2.41. The Morgan fingerprint density at radius 3 is 2.52 bits per heavy atom. The third kappa shape index (κ3) is 6.27. The molecule has 0 bridgehead atoms. The number of hydrogen-bond donors (Lipinski definition) is 2. The molecule has 0 radical (unpaired) electrons. The fourth-order valence-electron chi connectivity index (χ4n) is 2.25. The van der Waals surface area contributed by atoms with Gasteiger partial charge in [-0.05, 0) is 42.9 Å². The van der Waals surface area contributed by atoms with E-state index in [2.05, 4.69) is 4.72 Å². The van der Waals surface area contributed by atoms with E-state index in [9.17, 15) is 13.2 Å². The number of aryl methyl sites for hydroxylation is 1. The van der Waals surface area contributed by atoms with Crippen LogP contribution >= 0.6 is 0 Å². The Balaban J connectivity index is 2.75. The number of carboxylic acids is 1. The largest absolute Gasteiger partial charge is 0.481 e. The van der Waals surface area contributed by atoms with Gasteiger partial charge in [0.2, 0.25) is 10.0 Å². The number of hydrogen-bond acceptors (Lipinski definition) is 3. The molecule has 0 aliphatic rings. The van der Waals surface area contributed by atoms with Crippen LogP contribution < -0.4 is 4.72 Å². The van der Waals surface area contributed by atoms with Crippen molar-refractivity contribution in [3.8, 4) is 0 Å². The molecule has 1 aromatic rings. The third-order valence-corrected chi connectivity index (χ3v) is 4.55. The van der Waals surface area contributed by atoms with E-state index in [0.717, 1.165) is 5.56 Å². The Hall–Kier alpha value is -1.40. The average molecular weight is 313 g/mol. The highest BCUT2D eigenvalue weighted by Gasteiger charge is 2.19. The molecule has 118 valence electrons. The van der Waals surface area contributed by atoms with Crippen molar-refractivity contribution in [3.05, 3.63) is 29.8 Å². The van der Waals surface area contributed by atoms with Gasteiger partial charge in [0, 0.05) is 13.0 Å². The Morgan fingerprint density at radius 1 is 1.33 bits per heavy atom. The lowest BCUT2D eigenvalue weighted by Gasteiger charge is -2.18. The average Bonchev–Trinajstić information content (AvgIpc) is 2.35. The van der Waals surface area contributed by atoms with Crippen LogP contribution in [-0.4, -0.2) is 26.0 Å².